The predicted molar refractivity (Wildman–Crippen MR) is 89.3 cm³/mol. The first-order valence-electron chi connectivity index (χ1n) is 7.63. The van der Waals surface area contributed by atoms with E-state index in [9.17, 15) is 9.59 Å². The summed E-state index contributed by atoms with van der Waals surface area (Å²) in [6.07, 6.45) is -0.355. The third-order valence-corrected chi connectivity index (χ3v) is 3.81. The van der Waals surface area contributed by atoms with Gasteiger partial charge in [-0.3, -0.25) is 9.69 Å². The molecule has 6 heteroatoms. The fourth-order valence-corrected chi connectivity index (χ4v) is 2.45. The van der Waals surface area contributed by atoms with Crippen LogP contribution < -0.4 is 15.0 Å². The van der Waals surface area contributed by atoms with Crippen molar-refractivity contribution < 1.29 is 19.1 Å². The van der Waals surface area contributed by atoms with E-state index in [1.54, 1.807) is 36.3 Å². The molecule has 6 nitrogen and oxygen atoms in total. The minimum atomic E-state index is -0.355. The first-order valence-corrected chi connectivity index (χ1v) is 7.63. The Hall–Kier alpha value is -3.02. The number of benzene rings is 2. The molecule has 1 N–H and O–H groups in total. The van der Waals surface area contributed by atoms with Gasteiger partial charge in [0.1, 0.15) is 12.4 Å². The van der Waals surface area contributed by atoms with Crippen LogP contribution >= 0.6 is 0 Å². The van der Waals surface area contributed by atoms with E-state index in [1.807, 2.05) is 24.3 Å². The average Bonchev–Trinajstić information content (AvgIpc) is 3.06. The van der Waals surface area contributed by atoms with Crippen LogP contribution in [0.5, 0.6) is 5.75 Å². The SMILES string of the molecule is COc1ccc(CNC(=O)c2ccc(N3CCOC3=O)cc2)cc1. The minimum Gasteiger partial charge on any atom is -0.497 e. The molecule has 124 valence electrons. The minimum absolute atomic E-state index is 0.165. The number of carbonyl (C=O) groups is 2. The van der Waals surface area contributed by atoms with Gasteiger partial charge < -0.3 is 14.8 Å². The zero-order valence-electron chi connectivity index (χ0n) is 13.3. The second-order valence-corrected chi connectivity index (χ2v) is 5.34. The van der Waals surface area contributed by atoms with Gasteiger partial charge >= 0.3 is 6.09 Å². The van der Waals surface area contributed by atoms with Gasteiger partial charge in [-0.2, -0.15) is 0 Å². The first kappa shape index (κ1) is 15.9. The Labute approximate surface area is 140 Å². The van der Waals surface area contributed by atoms with Crippen LogP contribution in [0, 0.1) is 0 Å². The molecule has 0 spiro atoms. The molecule has 0 bridgehead atoms. The summed E-state index contributed by atoms with van der Waals surface area (Å²) in [6.45, 7) is 1.35. The van der Waals surface area contributed by atoms with E-state index in [1.165, 1.54) is 0 Å². The highest BCUT2D eigenvalue weighted by molar-refractivity contribution is 5.95. The number of carbonyl (C=O) groups excluding carboxylic acids is 2. The van der Waals surface area contributed by atoms with Crippen molar-refractivity contribution in [3.05, 3.63) is 59.7 Å². The summed E-state index contributed by atoms with van der Waals surface area (Å²) >= 11 is 0. The molecule has 1 aliphatic heterocycles. The lowest BCUT2D eigenvalue weighted by molar-refractivity contribution is 0.0951. The summed E-state index contributed by atoms with van der Waals surface area (Å²) in [5.41, 5.74) is 2.25. The molecule has 0 aromatic heterocycles. The van der Waals surface area contributed by atoms with Gasteiger partial charge in [-0.25, -0.2) is 4.79 Å². The lowest BCUT2D eigenvalue weighted by Gasteiger charge is -2.13. The van der Waals surface area contributed by atoms with Gasteiger partial charge in [0.2, 0.25) is 0 Å². The molecule has 2 aromatic rings. The van der Waals surface area contributed by atoms with E-state index < -0.39 is 0 Å². The summed E-state index contributed by atoms with van der Waals surface area (Å²) in [7, 11) is 1.61. The van der Waals surface area contributed by atoms with E-state index in [4.69, 9.17) is 9.47 Å². The van der Waals surface area contributed by atoms with Gasteiger partial charge in [-0.15, -0.1) is 0 Å². The molecule has 24 heavy (non-hydrogen) atoms. The Bertz CT molecular complexity index is 726. The number of cyclic esters (lactones) is 1. The number of ether oxygens (including phenoxy) is 2. The summed E-state index contributed by atoms with van der Waals surface area (Å²) in [5.74, 6) is 0.613. The molecule has 1 saturated heterocycles. The molecule has 0 unspecified atom stereocenters. The van der Waals surface area contributed by atoms with Gasteiger partial charge in [0.05, 0.1) is 13.7 Å². The van der Waals surface area contributed by atoms with E-state index in [2.05, 4.69) is 5.32 Å². The summed E-state index contributed by atoms with van der Waals surface area (Å²) in [5, 5.41) is 2.87. The lowest BCUT2D eigenvalue weighted by Crippen LogP contribution is -2.24. The van der Waals surface area contributed by atoms with Crippen molar-refractivity contribution in [2.24, 2.45) is 0 Å². The maximum Gasteiger partial charge on any atom is 0.414 e. The standard InChI is InChI=1S/C18H18N2O4/c1-23-16-8-2-13(3-9-16)12-19-17(21)14-4-6-15(7-5-14)20-10-11-24-18(20)22/h2-9H,10-12H2,1H3,(H,19,21). The van der Waals surface area contributed by atoms with E-state index >= 15 is 0 Å². The summed E-state index contributed by atoms with van der Waals surface area (Å²) in [4.78, 5) is 25.3. The van der Waals surface area contributed by atoms with Gasteiger partial charge in [-0.1, -0.05) is 12.1 Å². The maximum absolute atomic E-state index is 12.2. The number of methoxy groups -OCH3 is 1. The van der Waals surface area contributed by atoms with E-state index in [0.29, 0.717) is 25.3 Å². The molecule has 2 amide bonds. The number of nitrogens with zero attached hydrogens (tertiary/aromatic N) is 1. The first-order chi connectivity index (χ1) is 11.7. The average molecular weight is 326 g/mol. The molecule has 1 heterocycles. The Morgan fingerprint density at radius 1 is 1.17 bits per heavy atom. The third kappa shape index (κ3) is 3.48. The van der Waals surface area contributed by atoms with Gasteiger partial charge in [0, 0.05) is 17.8 Å². The summed E-state index contributed by atoms with van der Waals surface area (Å²) < 4.78 is 10.0. The van der Waals surface area contributed by atoms with Crippen LogP contribution in [0.3, 0.4) is 0 Å². The predicted octanol–water partition coefficient (Wildman–Crippen LogP) is 2.58. The van der Waals surface area contributed by atoms with E-state index in [0.717, 1.165) is 17.0 Å². The van der Waals surface area contributed by atoms with Crippen LogP contribution in [-0.4, -0.2) is 32.3 Å². The fraction of sp³-hybridized carbons (Fsp3) is 0.222. The third-order valence-electron chi connectivity index (χ3n) is 3.81. The number of amides is 2. The van der Waals surface area contributed by atoms with Crippen LogP contribution in [0.25, 0.3) is 0 Å². The van der Waals surface area contributed by atoms with Crippen molar-refractivity contribution in [1.29, 1.82) is 0 Å². The number of nitrogens with one attached hydrogen (secondary N) is 1. The topological polar surface area (TPSA) is 67.9 Å². The van der Waals surface area contributed by atoms with E-state index in [-0.39, 0.29) is 12.0 Å². The molecule has 0 saturated carbocycles. The Morgan fingerprint density at radius 3 is 2.46 bits per heavy atom. The Balaban J connectivity index is 1.59. The number of hydrogen-bond donors (Lipinski definition) is 1. The van der Waals surface area contributed by atoms with Crippen molar-refractivity contribution in [2.75, 3.05) is 25.2 Å². The number of anilines is 1. The van der Waals surface area contributed by atoms with Crippen molar-refractivity contribution in [2.45, 2.75) is 6.54 Å². The van der Waals surface area contributed by atoms with Crippen molar-refractivity contribution >= 4 is 17.7 Å². The Kier molecular flexibility index (Phi) is 4.65. The van der Waals surface area contributed by atoms with Gasteiger partial charge in [0.25, 0.3) is 5.91 Å². The van der Waals surface area contributed by atoms with Gasteiger partial charge in [-0.05, 0) is 42.0 Å². The largest absolute Gasteiger partial charge is 0.497 e. The second kappa shape index (κ2) is 7.04. The molecule has 0 atom stereocenters. The molecule has 1 aliphatic rings. The van der Waals surface area contributed by atoms with Crippen LogP contribution in [0.1, 0.15) is 15.9 Å². The smallest absolute Gasteiger partial charge is 0.414 e. The fourth-order valence-electron chi connectivity index (χ4n) is 2.45. The Morgan fingerprint density at radius 2 is 1.88 bits per heavy atom. The molecular weight excluding hydrogens is 308 g/mol. The van der Waals surface area contributed by atoms with Crippen molar-refractivity contribution in [3.63, 3.8) is 0 Å². The molecular formula is C18H18N2O4. The highest BCUT2D eigenvalue weighted by Crippen LogP contribution is 2.19. The zero-order chi connectivity index (χ0) is 16.9. The van der Waals surface area contributed by atoms with Crippen LogP contribution in [0.2, 0.25) is 0 Å². The lowest BCUT2D eigenvalue weighted by atomic mass is 10.1. The molecule has 0 radical (unpaired) electrons. The summed E-state index contributed by atoms with van der Waals surface area (Å²) in [6, 6.07) is 14.4. The number of hydrogen-bond acceptors (Lipinski definition) is 4. The molecule has 1 fully saturated rings. The molecule has 3 rings (SSSR count). The highest BCUT2D eigenvalue weighted by atomic mass is 16.6. The van der Waals surface area contributed by atoms with Crippen molar-refractivity contribution in [1.82, 2.24) is 5.32 Å². The highest BCUT2D eigenvalue weighted by Gasteiger charge is 2.23. The maximum atomic E-state index is 12.2. The van der Waals surface area contributed by atoms with Crippen LogP contribution in [0.15, 0.2) is 48.5 Å². The monoisotopic (exact) mass is 326 g/mol. The van der Waals surface area contributed by atoms with Crippen LogP contribution in [0.4, 0.5) is 10.5 Å². The van der Waals surface area contributed by atoms with Crippen molar-refractivity contribution in [3.8, 4) is 5.75 Å². The number of rotatable bonds is 5. The second-order valence-electron chi connectivity index (χ2n) is 5.34. The quantitative estimate of drug-likeness (QED) is 0.917. The molecule has 2 aromatic carbocycles. The van der Waals surface area contributed by atoms with Crippen LogP contribution in [-0.2, 0) is 11.3 Å². The normalized spacial score (nSPS) is 13.5. The molecule has 0 aliphatic carbocycles. The van der Waals surface area contributed by atoms with Gasteiger partial charge in [0.15, 0.2) is 0 Å². The zero-order valence-corrected chi connectivity index (χ0v) is 13.3.